The standard InChI is InChI=1S/C17H28N4/c1-2-19-15(14-8-7-11-20-16(14)18)17(9-3-4-10-17)21-12-5-6-13-21/h7-8,11,15,19H,2-6,9-10,12-13H2,1H3,(H2,18,20). The molecule has 1 aliphatic heterocycles. The summed E-state index contributed by atoms with van der Waals surface area (Å²) in [6, 6.07) is 4.48. The Bertz CT molecular complexity index is 462. The Morgan fingerprint density at radius 3 is 2.62 bits per heavy atom. The van der Waals surface area contributed by atoms with E-state index in [1.165, 1.54) is 57.2 Å². The fourth-order valence-corrected chi connectivity index (χ4v) is 4.40. The van der Waals surface area contributed by atoms with Gasteiger partial charge in [-0.3, -0.25) is 4.90 Å². The first kappa shape index (κ1) is 14.8. The van der Waals surface area contributed by atoms with Crippen LogP contribution in [-0.2, 0) is 0 Å². The molecule has 1 aliphatic carbocycles. The van der Waals surface area contributed by atoms with E-state index < -0.39 is 0 Å². The maximum absolute atomic E-state index is 6.21. The number of likely N-dealkylation sites (N-methyl/N-ethyl adjacent to an activating group) is 1. The molecule has 2 fully saturated rings. The summed E-state index contributed by atoms with van der Waals surface area (Å²) in [5.41, 5.74) is 7.64. The zero-order valence-corrected chi connectivity index (χ0v) is 13.1. The van der Waals surface area contributed by atoms with E-state index in [9.17, 15) is 0 Å². The molecule has 1 saturated heterocycles. The first-order chi connectivity index (χ1) is 10.3. The highest BCUT2D eigenvalue weighted by Crippen LogP contribution is 2.46. The number of anilines is 1. The summed E-state index contributed by atoms with van der Waals surface area (Å²) in [4.78, 5) is 7.07. The Labute approximate surface area is 128 Å². The smallest absolute Gasteiger partial charge is 0.128 e. The number of hydrogen-bond acceptors (Lipinski definition) is 4. The van der Waals surface area contributed by atoms with Crippen molar-refractivity contribution in [2.24, 2.45) is 0 Å². The number of nitrogen functional groups attached to an aromatic ring is 1. The lowest BCUT2D eigenvalue weighted by Crippen LogP contribution is -2.54. The predicted molar refractivity (Wildman–Crippen MR) is 87.1 cm³/mol. The Kier molecular flexibility index (Phi) is 4.45. The molecule has 3 rings (SSSR count). The number of nitrogens with two attached hydrogens (primary N) is 1. The van der Waals surface area contributed by atoms with E-state index >= 15 is 0 Å². The lowest BCUT2D eigenvalue weighted by Gasteiger charge is -2.45. The molecular formula is C17H28N4. The van der Waals surface area contributed by atoms with Gasteiger partial charge in [0.05, 0.1) is 6.04 Å². The fourth-order valence-electron chi connectivity index (χ4n) is 4.40. The monoisotopic (exact) mass is 288 g/mol. The third kappa shape index (κ3) is 2.67. The predicted octanol–water partition coefficient (Wildman–Crippen LogP) is 2.72. The van der Waals surface area contributed by atoms with Crippen molar-refractivity contribution in [3.8, 4) is 0 Å². The second-order valence-electron chi connectivity index (χ2n) is 6.47. The molecule has 0 spiro atoms. The first-order valence-corrected chi connectivity index (χ1v) is 8.47. The van der Waals surface area contributed by atoms with Crippen molar-refractivity contribution < 1.29 is 0 Å². The van der Waals surface area contributed by atoms with Crippen LogP contribution in [0.2, 0.25) is 0 Å². The summed E-state index contributed by atoms with van der Waals surface area (Å²) in [6.45, 7) is 5.63. The molecule has 0 bridgehead atoms. The van der Waals surface area contributed by atoms with Crippen LogP contribution >= 0.6 is 0 Å². The highest BCUT2D eigenvalue weighted by Gasteiger charge is 2.47. The lowest BCUT2D eigenvalue weighted by molar-refractivity contribution is 0.0772. The van der Waals surface area contributed by atoms with Gasteiger partial charge in [0.2, 0.25) is 0 Å². The van der Waals surface area contributed by atoms with Gasteiger partial charge in [0.1, 0.15) is 5.82 Å². The number of nitrogens with zero attached hydrogens (tertiary/aromatic N) is 2. The van der Waals surface area contributed by atoms with Crippen LogP contribution in [0, 0.1) is 0 Å². The minimum absolute atomic E-state index is 0.240. The topological polar surface area (TPSA) is 54.2 Å². The zero-order valence-electron chi connectivity index (χ0n) is 13.1. The molecule has 0 amide bonds. The van der Waals surface area contributed by atoms with Crippen LogP contribution in [0.1, 0.15) is 57.1 Å². The molecule has 4 heteroatoms. The highest BCUT2D eigenvalue weighted by atomic mass is 15.2. The van der Waals surface area contributed by atoms with Gasteiger partial charge in [-0.2, -0.15) is 0 Å². The fraction of sp³-hybridized carbons (Fsp3) is 0.706. The van der Waals surface area contributed by atoms with Gasteiger partial charge >= 0.3 is 0 Å². The van der Waals surface area contributed by atoms with E-state index in [0.717, 1.165) is 6.54 Å². The normalized spacial score (nSPS) is 23.5. The Morgan fingerprint density at radius 1 is 1.29 bits per heavy atom. The van der Waals surface area contributed by atoms with E-state index in [4.69, 9.17) is 5.73 Å². The van der Waals surface area contributed by atoms with Crippen LogP contribution in [0.15, 0.2) is 18.3 Å². The molecular weight excluding hydrogens is 260 g/mol. The van der Waals surface area contributed by atoms with Crippen LogP contribution in [0.3, 0.4) is 0 Å². The molecule has 1 aromatic rings. The molecule has 1 unspecified atom stereocenters. The number of hydrogen-bond donors (Lipinski definition) is 2. The molecule has 4 nitrogen and oxygen atoms in total. The van der Waals surface area contributed by atoms with Crippen LogP contribution < -0.4 is 11.1 Å². The molecule has 1 atom stereocenters. The van der Waals surface area contributed by atoms with Crippen molar-refractivity contribution in [1.29, 1.82) is 0 Å². The zero-order chi connectivity index (χ0) is 14.7. The Balaban J connectivity index is 1.99. The quantitative estimate of drug-likeness (QED) is 0.875. The van der Waals surface area contributed by atoms with Crippen molar-refractivity contribution in [3.05, 3.63) is 23.9 Å². The molecule has 0 radical (unpaired) electrons. The SMILES string of the molecule is CCNC(c1cccnc1N)C1(N2CCCC2)CCCC1. The Hall–Kier alpha value is -1.13. The second-order valence-corrected chi connectivity index (χ2v) is 6.47. The van der Waals surface area contributed by atoms with Gasteiger partial charge < -0.3 is 11.1 Å². The van der Waals surface area contributed by atoms with Crippen LogP contribution in [0.4, 0.5) is 5.82 Å². The number of likely N-dealkylation sites (tertiary alicyclic amines) is 1. The van der Waals surface area contributed by atoms with E-state index in [1.54, 1.807) is 6.20 Å². The third-order valence-electron chi connectivity index (χ3n) is 5.33. The summed E-state index contributed by atoms with van der Waals surface area (Å²) >= 11 is 0. The van der Waals surface area contributed by atoms with E-state index in [-0.39, 0.29) is 5.54 Å². The molecule has 2 heterocycles. The summed E-state index contributed by atoms with van der Waals surface area (Å²) in [5.74, 6) is 0.689. The average molecular weight is 288 g/mol. The Morgan fingerprint density at radius 2 is 2.00 bits per heavy atom. The number of aromatic nitrogens is 1. The lowest BCUT2D eigenvalue weighted by atomic mass is 9.82. The van der Waals surface area contributed by atoms with Crippen LogP contribution in [-0.4, -0.2) is 35.1 Å². The molecule has 1 aromatic heterocycles. The second kappa shape index (κ2) is 6.32. The minimum atomic E-state index is 0.240. The summed E-state index contributed by atoms with van der Waals surface area (Å²) in [5, 5.41) is 3.74. The maximum Gasteiger partial charge on any atom is 0.128 e. The van der Waals surface area contributed by atoms with Gasteiger partial charge in [0, 0.05) is 17.3 Å². The van der Waals surface area contributed by atoms with Gasteiger partial charge in [-0.15, -0.1) is 0 Å². The van der Waals surface area contributed by atoms with Gasteiger partial charge in [-0.1, -0.05) is 25.8 Å². The van der Waals surface area contributed by atoms with Crippen molar-refractivity contribution in [2.75, 3.05) is 25.4 Å². The van der Waals surface area contributed by atoms with E-state index in [0.29, 0.717) is 11.9 Å². The number of rotatable bonds is 5. The maximum atomic E-state index is 6.21. The highest BCUT2D eigenvalue weighted by molar-refractivity contribution is 5.43. The molecule has 0 aromatic carbocycles. The first-order valence-electron chi connectivity index (χ1n) is 8.47. The summed E-state index contributed by atoms with van der Waals surface area (Å²) in [7, 11) is 0. The molecule has 2 aliphatic rings. The average Bonchev–Trinajstić information content (AvgIpc) is 3.17. The summed E-state index contributed by atoms with van der Waals surface area (Å²) < 4.78 is 0. The van der Waals surface area contributed by atoms with Gasteiger partial charge in [-0.05, 0) is 51.4 Å². The molecule has 116 valence electrons. The number of nitrogens with one attached hydrogen (secondary N) is 1. The van der Waals surface area contributed by atoms with Gasteiger partial charge in [0.25, 0.3) is 0 Å². The molecule has 3 N–H and O–H groups in total. The van der Waals surface area contributed by atoms with Crippen LogP contribution in [0.25, 0.3) is 0 Å². The van der Waals surface area contributed by atoms with Crippen LogP contribution in [0.5, 0.6) is 0 Å². The van der Waals surface area contributed by atoms with Crippen molar-refractivity contribution in [3.63, 3.8) is 0 Å². The minimum Gasteiger partial charge on any atom is -0.383 e. The largest absolute Gasteiger partial charge is 0.383 e. The number of pyridine rings is 1. The van der Waals surface area contributed by atoms with Crippen molar-refractivity contribution >= 4 is 5.82 Å². The summed E-state index contributed by atoms with van der Waals surface area (Å²) in [6.07, 6.45) is 9.68. The van der Waals surface area contributed by atoms with Gasteiger partial charge in [0.15, 0.2) is 0 Å². The third-order valence-corrected chi connectivity index (χ3v) is 5.33. The van der Waals surface area contributed by atoms with E-state index in [1.807, 2.05) is 6.07 Å². The van der Waals surface area contributed by atoms with Crippen molar-refractivity contribution in [2.45, 2.75) is 57.0 Å². The molecule has 21 heavy (non-hydrogen) atoms. The van der Waals surface area contributed by atoms with E-state index in [2.05, 4.69) is 28.2 Å². The van der Waals surface area contributed by atoms with Gasteiger partial charge in [-0.25, -0.2) is 4.98 Å². The molecule has 1 saturated carbocycles. The van der Waals surface area contributed by atoms with Crippen molar-refractivity contribution in [1.82, 2.24) is 15.2 Å².